The largest absolute Gasteiger partial charge is 0.0988 e. The zero-order valence-corrected chi connectivity index (χ0v) is 9.77. The maximum absolute atomic E-state index is 3.99. The van der Waals surface area contributed by atoms with Crippen LogP contribution in [0.4, 0.5) is 0 Å². The van der Waals surface area contributed by atoms with Gasteiger partial charge in [0.1, 0.15) is 0 Å². The first-order chi connectivity index (χ1) is 6.59. The highest BCUT2D eigenvalue weighted by Gasteiger charge is 2.46. The molecule has 0 heteroatoms. The highest BCUT2D eigenvalue weighted by molar-refractivity contribution is 5.32. The quantitative estimate of drug-likeness (QED) is 0.577. The van der Waals surface area contributed by atoms with E-state index >= 15 is 0 Å². The number of hydrogen-bond donors (Lipinski definition) is 0. The monoisotopic (exact) mass is 190 g/mol. The molecule has 0 aliphatic heterocycles. The van der Waals surface area contributed by atoms with Crippen molar-refractivity contribution in [3.63, 3.8) is 0 Å². The fourth-order valence-corrected chi connectivity index (χ4v) is 3.57. The average molecular weight is 190 g/mol. The number of rotatable bonds is 1. The van der Waals surface area contributed by atoms with Crippen LogP contribution in [0.2, 0.25) is 0 Å². The summed E-state index contributed by atoms with van der Waals surface area (Å²) in [6, 6.07) is 0. The molecule has 2 aliphatic rings. The average Bonchev–Trinajstić information content (AvgIpc) is 2.45. The highest BCUT2D eigenvalue weighted by atomic mass is 14.5. The molecular formula is C14H22. The van der Waals surface area contributed by atoms with Crippen molar-refractivity contribution in [1.29, 1.82) is 0 Å². The predicted octanol–water partition coefficient (Wildman–Crippen LogP) is 4.34. The Kier molecular flexibility index (Phi) is 2.33. The molecule has 78 valence electrons. The van der Waals surface area contributed by atoms with Gasteiger partial charge in [0.25, 0.3) is 0 Å². The molecule has 0 heterocycles. The van der Waals surface area contributed by atoms with E-state index in [4.69, 9.17) is 0 Å². The third kappa shape index (κ3) is 1.20. The molecule has 1 fully saturated rings. The molecule has 0 saturated heterocycles. The normalized spacial score (nSPS) is 42.5. The van der Waals surface area contributed by atoms with Crippen molar-refractivity contribution in [3.8, 4) is 0 Å². The van der Waals surface area contributed by atoms with Gasteiger partial charge in [-0.15, -0.1) is 0 Å². The maximum atomic E-state index is 3.99. The minimum atomic E-state index is 0.572. The lowest BCUT2D eigenvalue weighted by Crippen LogP contribution is -2.31. The van der Waals surface area contributed by atoms with Crippen LogP contribution in [-0.2, 0) is 0 Å². The molecule has 0 aromatic carbocycles. The van der Waals surface area contributed by atoms with Crippen LogP contribution in [0.1, 0.15) is 46.5 Å². The summed E-state index contributed by atoms with van der Waals surface area (Å²) < 4.78 is 0. The van der Waals surface area contributed by atoms with Gasteiger partial charge in [-0.05, 0) is 55.4 Å². The van der Waals surface area contributed by atoms with Crippen molar-refractivity contribution in [2.75, 3.05) is 0 Å². The Hall–Kier alpha value is -0.520. The van der Waals surface area contributed by atoms with E-state index < -0.39 is 0 Å². The smallest absolute Gasteiger partial charge is 0.0106 e. The van der Waals surface area contributed by atoms with Crippen molar-refractivity contribution in [2.45, 2.75) is 46.5 Å². The van der Waals surface area contributed by atoms with Crippen LogP contribution in [0.3, 0.4) is 0 Å². The Bertz CT molecular complexity index is 284. The molecule has 2 rings (SSSR count). The Labute approximate surface area is 88.1 Å². The predicted molar refractivity (Wildman–Crippen MR) is 62.1 cm³/mol. The lowest BCUT2D eigenvalue weighted by molar-refractivity contribution is 0.165. The van der Waals surface area contributed by atoms with Gasteiger partial charge in [-0.25, -0.2) is 0 Å². The molecule has 3 atom stereocenters. The minimum absolute atomic E-state index is 0.572. The summed E-state index contributed by atoms with van der Waals surface area (Å²) in [6.07, 6.45) is 7.60. The van der Waals surface area contributed by atoms with Crippen molar-refractivity contribution < 1.29 is 0 Å². The van der Waals surface area contributed by atoms with Crippen molar-refractivity contribution in [1.82, 2.24) is 0 Å². The van der Waals surface area contributed by atoms with Gasteiger partial charge in [0.15, 0.2) is 0 Å². The minimum Gasteiger partial charge on any atom is -0.0988 e. The third-order valence-corrected chi connectivity index (χ3v) is 4.94. The second-order valence-corrected chi connectivity index (χ2v) is 5.48. The molecule has 0 N–H and O–H groups in total. The number of hydrogen-bond acceptors (Lipinski definition) is 0. The molecule has 2 aliphatic carbocycles. The van der Waals surface area contributed by atoms with E-state index in [0.29, 0.717) is 5.41 Å². The van der Waals surface area contributed by atoms with Crippen molar-refractivity contribution in [3.05, 3.63) is 23.8 Å². The molecule has 3 unspecified atom stereocenters. The molecule has 0 bridgehead atoms. The molecule has 14 heavy (non-hydrogen) atoms. The zero-order valence-electron chi connectivity index (χ0n) is 9.77. The number of allylic oxidation sites excluding steroid dienone is 3. The number of fused-ring (bicyclic) bond motifs is 1. The van der Waals surface area contributed by atoms with E-state index in [1.807, 2.05) is 0 Å². The molecule has 0 spiro atoms. The van der Waals surface area contributed by atoms with Gasteiger partial charge < -0.3 is 0 Å². The Morgan fingerprint density at radius 2 is 2.14 bits per heavy atom. The molecule has 0 amide bonds. The lowest BCUT2D eigenvalue weighted by atomic mass is 9.64. The summed E-state index contributed by atoms with van der Waals surface area (Å²) in [7, 11) is 0. The molecule has 1 saturated carbocycles. The van der Waals surface area contributed by atoms with Crippen LogP contribution >= 0.6 is 0 Å². The summed E-state index contributed by atoms with van der Waals surface area (Å²) in [5.74, 6) is 1.71. The van der Waals surface area contributed by atoms with Crippen LogP contribution < -0.4 is 0 Å². The fraction of sp³-hybridized carbons (Fsp3) is 0.714. The summed E-state index contributed by atoms with van der Waals surface area (Å²) in [5.41, 5.74) is 3.74. The second kappa shape index (κ2) is 3.25. The van der Waals surface area contributed by atoms with Crippen LogP contribution in [-0.4, -0.2) is 0 Å². The first-order valence-electron chi connectivity index (χ1n) is 5.91. The van der Waals surface area contributed by atoms with Gasteiger partial charge in [-0.3, -0.25) is 0 Å². The van der Waals surface area contributed by atoms with E-state index in [1.54, 1.807) is 11.1 Å². The standard InChI is InChI=1S/C14H22/c1-5-12-10(2)8-9-14(4)11(3)6-7-13(12)14/h5,11,13H,1,6-9H2,2-4H3. The molecule has 0 nitrogen and oxygen atoms in total. The van der Waals surface area contributed by atoms with Crippen LogP contribution in [0.25, 0.3) is 0 Å². The molecule has 0 aromatic rings. The first-order valence-corrected chi connectivity index (χ1v) is 5.91. The van der Waals surface area contributed by atoms with E-state index in [1.165, 1.54) is 25.7 Å². The fourth-order valence-electron chi connectivity index (χ4n) is 3.57. The zero-order chi connectivity index (χ0) is 10.3. The summed E-state index contributed by atoms with van der Waals surface area (Å²) >= 11 is 0. The van der Waals surface area contributed by atoms with Gasteiger partial charge in [0.05, 0.1) is 0 Å². The van der Waals surface area contributed by atoms with Gasteiger partial charge in [0, 0.05) is 0 Å². The molecule has 0 radical (unpaired) electrons. The van der Waals surface area contributed by atoms with E-state index in [2.05, 4.69) is 33.4 Å². The van der Waals surface area contributed by atoms with Crippen molar-refractivity contribution >= 4 is 0 Å². The van der Waals surface area contributed by atoms with E-state index in [-0.39, 0.29) is 0 Å². The van der Waals surface area contributed by atoms with Crippen LogP contribution in [0.15, 0.2) is 23.8 Å². The lowest BCUT2D eigenvalue weighted by Gasteiger charge is -2.41. The van der Waals surface area contributed by atoms with Gasteiger partial charge in [-0.2, -0.15) is 0 Å². The summed E-state index contributed by atoms with van der Waals surface area (Å²) in [6.45, 7) is 11.2. The summed E-state index contributed by atoms with van der Waals surface area (Å²) in [4.78, 5) is 0. The topological polar surface area (TPSA) is 0 Å². The van der Waals surface area contributed by atoms with Crippen molar-refractivity contribution in [2.24, 2.45) is 17.3 Å². The van der Waals surface area contributed by atoms with E-state index in [9.17, 15) is 0 Å². The Balaban J connectivity index is 2.39. The van der Waals surface area contributed by atoms with Gasteiger partial charge >= 0.3 is 0 Å². The molecule has 0 aromatic heterocycles. The highest BCUT2D eigenvalue weighted by Crippen LogP contribution is 2.57. The van der Waals surface area contributed by atoms with Gasteiger partial charge in [0.2, 0.25) is 0 Å². The SMILES string of the molecule is C=CC1=C(C)CCC2(C)C(C)CCC12. The van der Waals surface area contributed by atoms with E-state index in [0.717, 1.165) is 11.8 Å². The second-order valence-electron chi connectivity index (χ2n) is 5.48. The molecular weight excluding hydrogens is 168 g/mol. The summed E-state index contributed by atoms with van der Waals surface area (Å²) in [5, 5.41) is 0. The first kappa shape index (κ1) is 10.0. The Morgan fingerprint density at radius 3 is 2.79 bits per heavy atom. The van der Waals surface area contributed by atoms with Crippen LogP contribution in [0.5, 0.6) is 0 Å². The maximum Gasteiger partial charge on any atom is -0.0106 e. The van der Waals surface area contributed by atoms with Crippen LogP contribution in [0, 0.1) is 17.3 Å². The third-order valence-electron chi connectivity index (χ3n) is 4.94. The van der Waals surface area contributed by atoms with Gasteiger partial charge in [-0.1, -0.05) is 32.1 Å². The Morgan fingerprint density at radius 1 is 1.43 bits per heavy atom.